The van der Waals surface area contributed by atoms with Gasteiger partial charge >= 0.3 is 0 Å². The van der Waals surface area contributed by atoms with Crippen LogP contribution in [0, 0.1) is 0 Å². The fourth-order valence-electron chi connectivity index (χ4n) is 3.55. The lowest BCUT2D eigenvalue weighted by Crippen LogP contribution is -2.36. The van der Waals surface area contributed by atoms with Crippen LogP contribution < -0.4 is 0 Å². The van der Waals surface area contributed by atoms with Crippen LogP contribution in [-0.2, 0) is 34.2 Å². The number of amides is 1. The fourth-order valence-corrected chi connectivity index (χ4v) is 7.45. The molecule has 0 aliphatic carbocycles. The van der Waals surface area contributed by atoms with Crippen LogP contribution in [0.4, 0.5) is 0 Å². The molecule has 8 heteroatoms. The number of nitrogens with zero attached hydrogens (tertiary/aromatic N) is 2. The zero-order valence-corrected chi connectivity index (χ0v) is 17.0. The van der Waals surface area contributed by atoms with Crippen LogP contribution in [0.5, 0.6) is 0 Å². The molecule has 26 heavy (non-hydrogen) atoms. The van der Waals surface area contributed by atoms with Crippen molar-refractivity contribution in [1.82, 2.24) is 9.21 Å². The molecule has 2 aliphatic heterocycles. The van der Waals surface area contributed by atoms with Gasteiger partial charge in [0.15, 0.2) is 0 Å². The highest BCUT2D eigenvalue weighted by Crippen LogP contribution is 2.29. The molecule has 140 valence electrons. The first-order valence-electron chi connectivity index (χ1n) is 8.96. The highest BCUT2D eigenvalue weighted by Gasteiger charge is 2.28. The molecule has 0 aromatic carbocycles. The molecule has 0 N–H and O–H groups in total. The molecule has 4 rings (SSSR count). The zero-order valence-electron chi connectivity index (χ0n) is 14.5. The van der Waals surface area contributed by atoms with Crippen molar-refractivity contribution >= 4 is 38.6 Å². The van der Waals surface area contributed by atoms with Gasteiger partial charge in [-0.05, 0) is 48.4 Å². The largest absolute Gasteiger partial charge is 0.338 e. The third-order valence-corrected chi connectivity index (χ3v) is 9.51. The second kappa shape index (κ2) is 7.42. The van der Waals surface area contributed by atoms with E-state index in [0.717, 1.165) is 37.1 Å². The lowest BCUT2D eigenvalue weighted by molar-refractivity contribution is -0.131. The van der Waals surface area contributed by atoms with Crippen molar-refractivity contribution in [3.05, 3.63) is 38.9 Å². The highest BCUT2D eigenvalue weighted by molar-refractivity contribution is 7.91. The Kier molecular flexibility index (Phi) is 5.18. The highest BCUT2D eigenvalue weighted by atomic mass is 32.2. The van der Waals surface area contributed by atoms with Crippen molar-refractivity contribution in [2.24, 2.45) is 0 Å². The molecule has 1 saturated heterocycles. The molecule has 0 spiro atoms. The van der Waals surface area contributed by atoms with Gasteiger partial charge in [0.25, 0.3) is 10.0 Å². The van der Waals surface area contributed by atoms with Gasteiger partial charge in [-0.3, -0.25) is 4.79 Å². The number of thiophene rings is 2. The Bertz CT molecular complexity index is 894. The third kappa shape index (κ3) is 3.60. The molecule has 1 amide bonds. The van der Waals surface area contributed by atoms with Gasteiger partial charge in [-0.1, -0.05) is 6.42 Å². The second-order valence-electron chi connectivity index (χ2n) is 6.80. The van der Waals surface area contributed by atoms with E-state index in [1.807, 2.05) is 4.90 Å². The van der Waals surface area contributed by atoms with Gasteiger partial charge in [-0.15, -0.1) is 22.7 Å². The molecule has 0 atom stereocenters. The van der Waals surface area contributed by atoms with Crippen molar-refractivity contribution in [3.8, 4) is 0 Å². The van der Waals surface area contributed by atoms with Gasteiger partial charge in [0.05, 0.1) is 6.42 Å². The Morgan fingerprint density at radius 1 is 1.08 bits per heavy atom. The minimum atomic E-state index is -3.41. The van der Waals surface area contributed by atoms with E-state index >= 15 is 0 Å². The number of rotatable bonds is 4. The number of carbonyl (C=O) groups is 1. The number of hydrogen-bond acceptors (Lipinski definition) is 5. The van der Waals surface area contributed by atoms with E-state index < -0.39 is 10.0 Å². The van der Waals surface area contributed by atoms with Crippen LogP contribution in [0.25, 0.3) is 0 Å². The van der Waals surface area contributed by atoms with Crippen LogP contribution in [0.15, 0.2) is 27.8 Å². The van der Waals surface area contributed by atoms with E-state index in [0.29, 0.717) is 23.8 Å². The smallest absolute Gasteiger partial charge is 0.252 e. The maximum atomic E-state index is 12.7. The Morgan fingerprint density at radius 3 is 2.69 bits per heavy atom. The van der Waals surface area contributed by atoms with Gasteiger partial charge < -0.3 is 4.90 Å². The summed E-state index contributed by atoms with van der Waals surface area (Å²) in [4.78, 5) is 16.7. The monoisotopic (exact) mass is 410 g/mol. The van der Waals surface area contributed by atoms with Gasteiger partial charge in [-0.25, -0.2) is 8.42 Å². The van der Waals surface area contributed by atoms with Crippen molar-refractivity contribution in [2.45, 2.75) is 42.9 Å². The molecule has 0 saturated carbocycles. The lowest BCUT2D eigenvalue weighted by Gasteiger charge is -2.27. The molecule has 0 unspecified atom stereocenters. The molecule has 4 heterocycles. The van der Waals surface area contributed by atoms with E-state index in [9.17, 15) is 13.2 Å². The molecule has 0 bridgehead atoms. The Labute approximate surface area is 162 Å². The number of piperidine rings is 1. The van der Waals surface area contributed by atoms with Crippen molar-refractivity contribution in [1.29, 1.82) is 0 Å². The maximum Gasteiger partial charge on any atom is 0.252 e. The lowest BCUT2D eigenvalue weighted by atomic mass is 10.1. The summed E-state index contributed by atoms with van der Waals surface area (Å²) >= 11 is 2.99. The molecule has 2 aliphatic rings. The number of fused-ring (bicyclic) bond motifs is 1. The molecule has 5 nitrogen and oxygen atoms in total. The first-order valence-corrected chi connectivity index (χ1v) is 12.1. The summed E-state index contributed by atoms with van der Waals surface area (Å²) in [6, 6.07) is 5.54. The summed E-state index contributed by atoms with van der Waals surface area (Å²) in [5.41, 5.74) is 1.24. The Balaban J connectivity index is 1.43. The Morgan fingerprint density at radius 2 is 1.88 bits per heavy atom. The van der Waals surface area contributed by atoms with Gasteiger partial charge in [0.2, 0.25) is 5.91 Å². The summed E-state index contributed by atoms with van der Waals surface area (Å²) in [6.45, 7) is 2.62. The molecular weight excluding hydrogens is 388 g/mol. The molecule has 1 fully saturated rings. The third-order valence-electron chi connectivity index (χ3n) is 5.03. The van der Waals surface area contributed by atoms with Gasteiger partial charge in [-0.2, -0.15) is 4.31 Å². The van der Waals surface area contributed by atoms with E-state index in [1.54, 1.807) is 27.8 Å². The normalized spacial score (nSPS) is 18.7. The molecule has 2 aromatic rings. The quantitative estimate of drug-likeness (QED) is 0.778. The SMILES string of the molecule is O=C(Cc1ccc(S(=O)(=O)N2CCCCC2)s1)N1CCc2sccc2C1. The van der Waals surface area contributed by atoms with Crippen LogP contribution in [0.1, 0.15) is 34.6 Å². The van der Waals surface area contributed by atoms with E-state index in [2.05, 4.69) is 11.4 Å². The van der Waals surface area contributed by atoms with Crippen molar-refractivity contribution in [3.63, 3.8) is 0 Å². The second-order valence-corrected chi connectivity index (χ2v) is 11.1. The summed E-state index contributed by atoms with van der Waals surface area (Å²) in [5.74, 6) is 0.0746. The summed E-state index contributed by atoms with van der Waals surface area (Å²) in [6.07, 6.45) is 4.14. The predicted octanol–water partition coefficient (Wildman–Crippen LogP) is 3.11. The minimum absolute atomic E-state index is 0.0746. The zero-order chi connectivity index (χ0) is 18.1. The van der Waals surface area contributed by atoms with Crippen LogP contribution in [0.3, 0.4) is 0 Å². The minimum Gasteiger partial charge on any atom is -0.338 e. The van der Waals surface area contributed by atoms with E-state index in [4.69, 9.17) is 0 Å². The first-order chi connectivity index (χ1) is 12.5. The standard InChI is InChI=1S/C18H22N2O3S3/c21-17(19-10-6-16-14(13-19)7-11-24-16)12-15-4-5-18(25-15)26(22,23)20-8-2-1-3-9-20/h4-5,7,11H,1-3,6,8-10,12-13H2. The average Bonchev–Trinajstić information content (AvgIpc) is 3.31. The number of hydrogen-bond donors (Lipinski definition) is 0. The molecule has 2 aromatic heterocycles. The van der Waals surface area contributed by atoms with Gasteiger partial charge in [0.1, 0.15) is 4.21 Å². The number of sulfonamides is 1. The topological polar surface area (TPSA) is 57.7 Å². The Hall–Kier alpha value is -1.22. The number of carbonyl (C=O) groups excluding carboxylic acids is 1. The van der Waals surface area contributed by atoms with Crippen LogP contribution >= 0.6 is 22.7 Å². The van der Waals surface area contributed by atoms with E-state index in [-0.39, 0.29) is 12.3 Å². The van der Waals surface area contributed by atoms with E-state index in [1.165, 1.54) is 21.8 Å². The molecular formula is C18H22N2O3S3. The molecule has 0 radical (unpaired) electrons. The summed E-state index contributed by atoms with van der Waals surface area (Å²) in [7, 11) is -3.41. The predicted molar refractivity (Wildman–Crippen MR) is 104 cm³/mol. The average molecular weight is 411 g/mol. The van der Waals surface area contributed by atoms with Crippen LogP contribution in [0.2, 0.25) is 0 Å². The van der Waals surface area contributed by atoms with Crippen molar-refractivity contribution < 1.29 is 13.2 Å². The summed E-state index contributed by atoms with van der Waals surface area (Å²) < 4.78 is 27.4. The van der Waals surface area contributed by atoms with Crippen molar-refractivity contribution in [2.75, 3.05) is 19.6 Å². The first kappa shape index (κ1) is 18.2. The van der Waals surface area contributed by atoms with Gasteiger partial charge in [0, 0.05) is 35.9 Å². The summed E-state index contributed by atoms with van der Waals surface area (Å²) in [5, 5.41) is 2.08. The maximum absolute atomic E-state index is 12.7. The van der Waals surface area contributed by atoms with Crippen LogP contribution in [-0.4, -0.2) is 43.2 Å². The fraction of sp³-hybridized carbons (Fsp3) is 0.500.